The van der Waals surface area contributed by atoms with Gasteiger partial charge in [-0.3, -0.25) is 9.59 Å². The van der Waals surface area contributed by atoms with Crippen molar-refractivity contribution in [3.8, 4) is 0 Å². The van der Waals surface area contributed by atoms with Crippen molar-refractivity contribution in [3.05, 3.63) is 71.0 Å². The van der Waals surface area contributed by atoms with Crippen molar-refractivity contribution in [2.24, 2.45) is 0 Å². The zero-order valence-corrected chi connectivity index (χ0v) is 15.4. The molecule has 6 heteroatoms. The number of fused-ring (bicyclic) bond motifs is 1. The van der Waals surface area contributed by atoms with Crippen LogP contribution in [0.1, 0.15) is 21.5 Å². The first-order valence-corrected chi connectivity index (χ1v) is 8.97. The highest BCUT2D eigenvalue weighted by molar-refractivity contribution is 5.96. The smallest absolute Gasteiger partial charge is 0.254 e. The number of benzene rings is 2. The highest BCUT2D eigenvalue weighted by atomic mass is 19.1. The summed E-state index contributed by atoms with van der Waals surface area (Å²) in [6.45, 7) is 1.78. The summed E-state index contributed by atoms with van der Waals surface area (Å²) >= 11 is 0. The number of nitrogens with zero attached hydrogens (tertiary/aromatic N) is 2. The fourth-order valence-electron chi connectivity index (χ4n) is 3.20. The Morgan fingerprint density at radius 3 is 2.52 bits per heavy atom. The second-order valence-corrected chi connectivity index (χ2v) is 6.56. The van der Waals surface area contributed by atoms with E-state index in [0.717, 1.165) is 12.0 Å². The quantitative estimate of drug-likeness (QED) is 0.785. The van der Waals surface area contributed by atoms with Gasteiger partial charge in [-0.05, 0) is 41.8 Å². The molecule has 1 aliphatic heterocycles. The number of hydrogen-bond donors (Lipinski definition) is 0. The van der Waals surface area contributed by atoms with Gasteiger partial charge in [0.2, 0.25) is 5.91 Å². The van der Waals surface area contributed by atoms with E-state index in [1.807, 2.05) is 18.2 Å². The number of carbonyl (C=O) groups is 2. The van der Waals surface area contributed by atoms with Crippen molar-refractivity contribution in [2.75, 3.05) is 33.4 Å². The van der Waals surface area contributed by atoms with E-state index in [2.05, 4.69) is 6.07 Å². The van der Waals surface area contributed by atoms with Crippen LogP contribution in [0, 0.1) is 5.82 Å². The van der Waals surface area contributed by atoms with Crippen LogP contribution in [0.2, 0.25) is 0 Å². The minimum absolute atomic E-state index is 0.0261. The summed E-state index contributed by atoms with van der Waals surface area (Å²) in [5.41, 5.74) is 2.76. The highest BCUT2D eigenvalue weighted by Gasteiger charge is 2.25. The van der Waals surface area contributed by atoms with E-state index in [1.54, 1.807) is 12.0 Å². The molecule has 142 valence electrons. The normalized spacial score (nSPS) is 13.2. The van der Waals surface area contributed by atoms with E-state index < -0.39 is 5.82 Å². The van der Waals surface area contributed by atoms with Crippen LogP contribution in [0.25, 0.3) is 0 Å². The molecule has 0 N–H and O–H groups in total. The molecule has 0 bridgehead atoms. The van der Waals surface area contributed by atoms with Crippen molar-refractivity contribution in [1.29, 1.82) is 0 Å². The molecule has 0 unspecified atom stereocenters. The topological polar surface area (TPSA) is 49.9 Å². The molecule has 2 aromatic rings. The van der Waals surface area contributed by atoms with Gasteiger partial charge in [0.25, 0.3) is 5.91 Å². The Labute approximate surface area is 158 Å². The third kappa shape index (κ3) is 4.71. The molecule has 0 fully saturated rings. The second-order valence-electron chi connectivity index (χ2n) is 6.56. The number of hydrogen-bond acceptors (Lipinski definition) is 3. The maximum absolute atomic E-state index is 13.1. The lowest BCUT2D eigenvalue weighted by Gasteiger charge is -2.31. The summed E-state index contributed by atoms with van der Waals surface area (Å²) in [5, 5.41) is 0. The van der Waals surface area contributed by atoms with Crippen molar-refractivity contribution in [2.45, 2.75) is 13.0 Å². The Hall–Kier alpha value is -2.73. The van der Waals surface area contributed by atoms with Gasteiger partial charge in [0.15, 0.2) is 0 Å². The molecule has 1 aliphatic rings. The molecule has 3 rings (SSSR count). The molecule has 2 aromatic carbocycles. The van der Waals surface area contributed by atoms with E-state index in [9.17, 15) is 14.0 Å². The Morgan fingerprint density at radius 2 is 1.81 bits per heavy atom. The number of ether oxygens (including phenoxy) is 1. The van der Waals surface area contributed by atoms with Gasteiger partial charge in [-0.2, -0.15) is 0 Å². The highest BCUT2D eigenvalue weighted by Crippen LogP contribution is 2.19. The summed E-state index contributed by atoms with van der Waals surface area (Å²) in [7, 11) is 1.55. The predicted octanol–water partition coefficient (Wildman–Crippen LogP) is 2.50. The van der Waals surface area contributed by atoms with Crippen LogP contribution in [-0.2, 0) is 22.5 Å². The van der Waals surface area contributed by atoms with E-state index in [1.165, 1.54) is 34.7 Å². The first kappa shape index (κ1) is 19.0. The Morgan fingerprint density at radius 1 is 1.11 bits per heavy atom. The monoisotopic (exact) mass is 370 g/mol. The molecule has 0 aliphatic carbocycles. The largest absolute Gasteiger partial charge is 0.383 e. The van der Waals surface area contributed by atoms with Gasteiger partial charge >= 0.3 is 0 Å². The van der Waals surface area contributed by atoms with Crippen LogP contribution < -0.4 is 0 Å². The first-order valence-electron chi connectivity index (χ1n) is 8.97. The average molecular weight is 370 g/mol. The van der Waals surface area contributed by atoms with Crippen LogP contribution >= 0.6 is 0 Å². The number of rotatable bonds is 6. The lowest BCUT2D eigenvalue weighted by Crippen LogP contribution is -2.45. The first-order chi connectivity index (χ1) is 13.1. The molecule has 1 heterocycles. The lowest BCUT2D eigenvalue weighted by molar-refractivity contribution is -0.133. The summed E-state index contributed by atoms with van der Waals surface area (Å²) in [5.74, 6) is -0.813. The molecular weight excluding hydrogens is 347 g/mol. The number of methoxy groups -OCH3 is 1. The minimum atomic E-state index is -0.405. The van der Waals surface area contributed by atoms with Crippen LogP contribution in [0.15, 0.2) is 48.5 Å². The SMILES string of the molecule is COCCN(CC(=O)N1CCc2ccccc2C1)C(=O)c1ccc(F)cc1. The molecule has 27 heavy (non-hydrogen) atoms. The zero-order chi connectivity index (χ0) is 19.2. The minimum Gasteiger partial charge on any atom is -0.383 e. The Bertz CT molecular complexity index is 807. The van der Waals surface area contributed by atoms with Crippen LogP contribution in [0.4, 0.5) is 4.39 Å². The molecule has 0 saturated carbocycles. The molecule has 5 nitrogen and oxygen atoms in total. The standard InChI is InChI=1S/C21H23FN2O3/c1-27-13-12-24(21(26)17-6-8-19(22)9-7-17)15-20(25)23-11-10-16-4-2-3-5-18(16)14-23/h2-9H,10-15H2,1H3. The van der Waals surface area contributed by atoms with Gasteiger partial charge in [-0.25, -0.2) is 4.39 Å². The second kappa shape index (κ2) is 8.77. The molecule has 0 saturated heterocycles. The van der Waals surface area contributed by atoms with Crippen molar-refractivity contribution < 1.29 is 18.7 Å². The van der Waals surface area contributed by atoms with E-state index in [-0.39, 0.29) is 18.4 Å². The molecule has 0 aromatic heterocycles. The third-order valence-electron chi connectivity index (χ3n) is 4.75. The maximum atomic E-state index is 13.1. The fraction of sp³-hybridized carbons (Fsp3) is 0.333. The van der Waals surface area contributed by atoms with E-state index in [4.69, 9.17) is 4.74 Å². The number of carbonyl (C=O) groups excluding carboxylic acids is 2. The average Bonchev–Trinajstić information content (AvgIpc) is 2.70. The summed E-state index contributed by atoms with van der Waals surface area (Å²) in [6, 6.07) is 13.4. The van der Waals surface area contributed by atoms with Gasteiger partial charge in [0.05, 0.1) is 6.61 Å². The lowest BCUT2D eigenvalue weighted by atomic mass is 10.00. The van der Waals surface area contributed by atoms with Gasteiger partial charge in [0, 0.05) is 32.3 Å². The number of amides is 2. The van der Waals surface area contributed by atoms with Gasteiger partial charge < -0.3 is 14.5 Å². The van der Waals surface area contributed by atoms with Crippen molar-refractivity contribution in [1.82, 2.24) is 9.80 Å². The third-order valence-corrected chi connectivity index (χ3v) is 4.75. The van der Waals surface area contributed by atoms with Crippen molar-refractivity contribution in [3.63, 3.8) is 0 Å². The van der Waals surface area contributed by atoms with Gasteiger partial charge in [-0.1, -0.05) is 24.3 Å². The summed E-state index contributed by atoms with van der Waals surface area (Å²) in [4.78, 5) is 28.8. The zero-order valence-electron chi connectivity index (χ0n) is 15.4. The molecule has 0 spiro atoms. The summed E-state index contributed by atoms with van der Waals surface area (Å²) in [6.07, 6.45) is 0.811. The maximum Gasteiger partial charge on any atom is 0.254 e. The Kier molecular flexibility index (Phi) is 6.19. The van der Waals surface area contributed by atoms with E-state index >= 15 is 0 Å². The van der Waals surface area contributed by atoms with Gasteiger partial charge in [0.1, 0.15) is 12.4 Å². The molecular formula is C21H23FN2O3. The predicted molar refractivity (Wildman–Crippen MR) is 99.7 cm³/mol. The van der Waals surface area contributed by atoms with Crippen LogP contribution in [0.5, 0.6) is 0 Å². The fourth-order valence-corrected chi connectivity index (χ4v) is 3.20. The molecule has 0 atom stereocenters. The van der Waals surface area contributed by atoms with Gasteiger partial charge in [-0.15, -0.1) is 0 Å². The van der Waals surface area contributed by atoms with Crippen LogP contribution in [-0.4, -0.2) is 55.0 Å². The number of halogens is 1. The van der Waals surface area contributed by atoms with Crippen LogP contribution in [0.3, 0.4) is 0 Å². The summed E-state index contributed by atoms with van der Waals surface area (Å²) < 4.78 is 18.2. The molecule has 2 amide bonds. The molecule has 0 radical (unpaired) electrons. The van der Waals surface area contributed by atoms with E-state index in [0.29, 0.717) is 31.8 Å². The Balaban J connectivity index is 1.69. The van der Waals surface area contributed by atoms with Crippen molar-refractivity contribution >= 4 is 11.8 Å².